The van der Waals surface area contributed by atoms with Gasteiger partial charge in [0.1, 0.15) is 0 Å². The Morgan fingerprint density at radius 3 is 2.26 bits per heavy atom. The van der Waals surface area contributed by atoms with Gasteiger partial charge in [-0.3, -0.25) is 4.79 Å². The van der Waals surface area contributed by atoms with Crippen molar-refractivity contribution >= 4 is 27.5 Å². The van der Waals surface area contributed by atoms with E-state index >= 15 is 0 Å². The maximum Gasteiger partial charge on any atom is 0.417 e. The van der Waals surface area contributed by atoms with Crippen molar-refractivity contribution in [1.82, 2.24) is 9.21 Å². The monoisotopic (exact) mass is 472 g/mol. The molecule has 2 unspecified atom stereocenters. The molecule has 1 aliphatic heterocycles. The minimum Gasteiger partial charge on any atom is -0.340 e. The Bertz CT molecular complexity index is 1080. The molecule has 31 heavy (non-hydrogen) atoms. The number of piperazine rings is 1. The zero-order valence-corrected chi connectivity index (χ0v) is 17.9. The SMILES string of the molecule is O=C(C1CC1c1ccccc1)N1CCN(S(=O)(=O)c2ccc(Cl)c(C(F)(F)F)c2)CC1. The van der Waals surface area contributed by atoms with E-state index < -0.39 is 31.7 Å². The highest BCUT2D eigenvalue weighted by atomic mass is 35.5. The van der Waals surface area contributed by atoms with Gasteiger partial charge in [-0.25, -0.2) is 8.42 Å². The fourth-order valence-corrected chi connectivity index (χ4v) is 5.62. The number of hydrogen-bond acceptors (Lipinski definition) is 3. The number of amides is 1. The van der Waals surface area contributed by atoms with E-state index in [0.29, 0.717) is 6.07 Å². The molecule has 2 atom stereocenters. The second-order valence-electron chi connectivity index (χ2n) is 7.73. The normalized spacial score (nSPS) is 22.4. The molecule has 1 amide bonds. The minimum absolute atomic E-state index is 0.00301. The predicted octanol–water partition coefficient (Wildman–Crippen LogP) is 4.00. The number of alkyl halides is 3. The lowest BCUT2D eigenvalue weighted by molar-refractivity contribution is -0.137. The molecular weight excluding hydrogens is 453 g/mol. The first kappa shape index (κ1) is 22.1. The van der Waals surface area contributed by atoms with Crippen molar-refractivity contribution in [3.63, 3.8) is 0 Å². The molecule has 2 aromatic rings. The molecule has 1 saturated carbocycles. The zero-order chi connectivity index (χ0) is 22.4. The van der Waals surface area contributed by atoms with Gasteiger partial charge in [0.15, 0.2) is 0 Å². The van der Waals surface area contributed by atoms with E-state index in [4.69, 9.17) is 11.6 Å². The lowest BCUT2D eigenvalue weighted by Gasteiger charge is -2.34. The van der Waals surface area contributed by atoms with E-state index in [1.54, 1.807) is 4.90 Å². The summed E-state index contributed by atoms with van der Waals surface area (Å²) in [4.78, 5) is 14.0. The van der Waals surface area contributed by atoms with Crippen LogP contribution in [0.25, 0.3) is 0 Å². The molecule has 10 heteroatoms. The number of rotatable bonds is 4. The summed E-state index contributed by atoms with van der Waals surface area (Å²) in [6.07, 6.45) is -3.99. The van der Waals surface area contributed by atoms with Crippen LogP contribution in [0.2, 0.25) is 5.02 Å². The Kier molecular flexibility index (Phi) is 5.78. The summed E-state index contributed by atoms with van der Waals surface area (Å²) in [5.41, 5.74) is -0.0741. The average molecular weight is 473 g/mol. The van der Waals surface area contributed by atoms with Gasteiger partial charge in [-0.15, -0.1) is 0 Å². The van der Waals surface area contributed by atoms with Crippen LogP contribution in [0.4, 0.5) is 13.2 Å². The van der Waals surface area contributed by atoms with Crippen LogP contribution in [0.5, 0.6) is 0 Å². The topological polar surface area (TPSA) is 57.7 Å². The highest BCUT2D eigenvalue weighted by Crippen LogP contribution is 2.48. The smallest absolute Gasteiger partial charge is 0.340 e. The summed E-state index contributed by atoms with van der Waals surface area (Å²) in [7, 11) is -4.13. The van der Waals surface area contributed by atoms with Gasteiger partial charge in [-0.05, 0) is 36.1 Å². The molecule has 0 spiro atoms. The Hall–Kier alpha value is -2.10. The largest absolute Gasteiger partial charge is 0.417 e. The molecule has 1 saturated heterocycles. The van der Waals surface area contributed by atoms with Gasteiger partial charge in [0.05, 0.1) is 15.5 Å². The zero-order valence-electron chi connectivity index (χ0n) is 16.3. The predicted molar refractivity (Wildman–Crippen MR) is 109 cm³/mol. The minimum atomic E-state index is -4.76. The molecule has 1 heterocycles. The van der Waals surface area contributed by atoms with Gasteiger partial charge in [0.25, 0.3) is 0 Å². The third-order valence-corrected chi connectivity index (χ3v) is 7.99. The summed E-state index contributed by atoms with van der Waals surface area (Å²) in [5, 5.41) is -0.556. The lowest BCUT2D eigenvalue weighted by Crippen LogP contribution is -2.51. The molecule has 4 rings (SSSR count). The Morgan fingerprint density at radius 1 is 1.00 bits per heavy atom. The molecule has 0 aromatic heterocycles. The molecule has 5 nitrogen and oxygen atoms in total. The molecule has 0 N–H and O–H groups in total. The average Bonchev–Trinajstić information content (AvgIpc) is 3.54. The lowest BCUT2D eigenvalue weighted by atomic mass is 10.1. The Labute approximate surface area is 183 Å². The fourth-order valence-electron chi connectivity index (χ4n) is 3.95. The third kappa shape index (κ3) is 4.44. The molecule has 1 aliphatic carbocycles. The maximum absolute atomic E-state index is 13.1. The highest BCUT2D eigenvalue weighted by Gasteiger charge is 2.46. The van der Waals surface area contributed by atoms with Crippen molar-refractivity contribution in [2.24, 2.45) is 5.92 Å². The Morgan fingerprint density at radius 2 is 1.65 bits per heavy atom. The van der Waals surface area contributed by atoms with E-state index in [-0.39, 0.29) is 43.9 Å². The van der Waals surface area contributed by atoms with E-state index in [9.17, 15) is 26.4 Å². The number of nitrogens with zero attached hydrogens (tertiary/aromatic N) is 2. The first-order valence-electron chi connectivity index (χ1n) is 9.79. The number of hydrogen-bond donors (Lipinski definition) is 0. The van der Waals surface area contributed by atoms with Crippen molar-refractivity contribution in [3.8, 4) is 0 Å². The van der Waals surface area contributed by atoms with E-state index in [2.05, 4.69) is 0 Å². The van der Waals surface area contributed by atoms with E-state index in [1.807, 2.05) is 30.3 Å². The summed E-state index contributed by atoms with van der Waals surface area (Å²) in [6, 6.07) is 12.3. The van der Waals surface area contributed by atoms with Crippen LogP contribution in [0.3, 0.4) is 0 Å². The van der Waals surface area contributed by atoms with Crippen LogP contribution in [-0.2, 0) is 21.0 Å². The molecule has 0 bridgehead atoms. The van der Waals surface area contributed by atoms with Crippen molar-refractivity contribution in [3.05, 3.63) is 64.7 Å². The van der Waals surface area contributed by atoms with Gasteiger partial charge in [-0.1, -0.05) is 41.9 Å². The number of benzene rings is 2. The molecular formula is C21H20ClF3N2O3S. The van der Waals surface area contributed by atoms with Crippen LogP contribution in [0, 0.1) is 5.92 Å². The summed E-state index contributed by atoms with van der Waals surface area (Å²) >= 11 is 5.59. The fraction of sp³-hybridized carbons (Fsp3) is 0.381. The summed E-state index contributed by atoms with van der Waals surface area (Å²) in [5.74, 6) is 0.0817. The van der Waals surface area contributed by atoms with Crippen molar-refractivity contribution in [2.45, 2.75) is 23.4 Å². The molecule has 0 radical (unpaired) electrons. The number of carbonyl (C=O) groups excluding carboxylic acids is 1. The molecule has 2 aliphatic rings. The van der Waals surface area contributed by atoms with E-state index in [0.717, 1.165) is 28.4 Å². The van der Waals surface area contributed by atoms with Gasteiger partial charge in [0.2, 0.25) is 15.9 Å². The third-order valence-electron chi connectivity index (χ3n) is 5.77. The summed E-state index contributed by atoms with van der Waals surface area (Å²) < 4.78 is 66.1. The standard InChI is InChI=1S/C21H20ClF3N2O3S/c22-19-7-6-15(12-18(19)21(23,24)25)31(29,30)27-10-8-26(9-11-27)20(28)17-13-16(17)14-4-2-1-3-5-14/h1-7,12,16-17H,8-11,13H2. The van der Waals surface area contributed by atoms with E-state index in [1.165, 1.54) is 0 Å². The highest BCUT2D eigenvalue weighted by molar-refractivity contribution is 7.89. The van der Waals surface area contributed by atoms with Gasteiger partial charge in [0, 0.05) is 32.1 Å². The second kappa shape index (κ2) is 8.11. The van der Waals surface area contributed by atoms with Crippen LogP contribution in [-0.4, -0.2) is 49.7 Å². The van der Waals surface area contributed by atoms with Crippen LogP contribution >= 0.6 is 11.6 Å². The van der Waals surface area contributed by atoms with Crippen LogP contribution in [0.15, 0.2) is 53.4 Å². The van der Waals surface area contributed by atoms with Crippen molar-refractivity contribution in [2.75, 3.05) is 26.2 Å². The maximum atomic E-state index is 13.1. The molecule has 166 valence electrons. The summed E-state index contributed by atoms with van der Waals surface area (Å²) in [6.45, 7) is 0.465. The van der Waals surface area contributed by atoms with Gasteiger partial charge < -0.3 is 4.90 Å². The van der Waals surface area contributed by atoms with Gasteiger partial charge in [-0.2, -0.15) is 17.5 Å². The van der Waals surface area contributed by atoms with Crippen molar-refractivity contribution in [1.29, 1.82) is 0 Å². The van der Waals surface area contributed by atoms with Gasteiger partial charge >= 0.3 is 6.18 Å². The van der Waals surface area contributed by atoms with Crippen LogP contribution < -0.4 is 0 Å². The number of sulfonamides is 1. The number of carbonyl (C=O) groups is 1. The quantitative estimate of drug-likeness (QED) is 0.676. The molecule has 2 fully saturated rings. The number of halogens is 4. The van der Waals surface area contributed by atoms with Crippen molar-refractivity contribution < 1.29 is 26.4 Å². The first-order valence-corrected chi connectivity index (χ1v) is 11.6. The Balaban J connectivity index is 1.41. The first-order chi connectivity index (χ1) is 14.6. The van der Waals surface area contributed by atoms with Crippen LogP contribution in [0.1, 0.15) is 23.5 Å². The molecule has 2 aromatic carbocycles. The second-order valence-corrected chi connectivity index (χ2v) is 10.1.